The average Bonchev–Trinajstić information content (AvgIpc) is 3.05. The molecule has 90 valence electrons. The van der Waals surface area contributed by atoms with Crippen molar-refractivity contribution in [2.75, 3.05) is 0 Å². The molecule has 0 amide bonds. The Labute approximate surface area is 115 Å². The van der Waals surface area contributed by atoms with Gasteiger partial charge in [-0.15, -0.1) is 22.7 Å². The van der Waals surface area contributed by atoms with Gasteiger partial charge in [0.2, 0.25) is 11.9 Å². The molecule has 5 rings (SSSR count). The Kier molecular flexibility index (Phi) is 1.67. The minimum absolute atomic E-state index is 0.647. The highest BCUT2D eigenvalue weighted by Crippen LogP contribution is 2.38. The maximum atomic E-state index is 4.57. The van der Waals surface area contributed by atoms with E-state index in [9.17, 15) is 0 Å². The second kappa shape index (κ2) is 3.25. The van der Waals surface area contributed by atoms with Crippen molar-refractivity contribution in [2.45, 2.75) is 0 Å². The van der Waals surface area contributed by atoms with E-state index < -0.39 is 0 Å². The summed E-state index contributed by atoms with van der Waals surface area (Å²) in [6.07, 6.45) is 1.51. The lowest BCUT2D eigenvalue weighted by Crippen LogP contribution is -2.46. The van der Waals surface area contributed by atoms with Crippen LogP contribution in [0.3, 0.4) is 0 Å². The van der Waals surface area contributed by atoms with Crippen LogP contribution in [0.4, 0.5) is 5.69 Å². The van der Waals surface area contributed by atoms with E-state index in [0.717, 1.165) is 26.2 Å². The summed E-state index contributed by atoms with van der Waals surface area (Å²) in [6.45, 7) is 0. The first-order valence-corrected chi connectivity index (χ1v) is 7.41. The highest BCUT2D eigenvalue weighted by Gasteiger charge is 2.34. The SMILES string of the molecule is C1=NC2=Nc3ccsc3C3=c4sccc4=NC(=N1)N23. The van der Waals surface area contributed by atoms with Crippen molar-refractivity contribution >= 4 is 52.3 Å². The molecule has 0 spiro atoms. The number of fused-ring (bicyclic) bond motifs is 3. The largest absolute Gasteiger partial charge is 0.244 e. The van der Waals surface area contributed by atoms with Crippen molar-refractivity contribution < 1.29 is 0 Å². The quantitative estimate of drug-likeness (QED) is 0.719. The zero-order valence-corrected chi connectivity index (χ0v) is 11.1. The summed E-state index contributed by atoms with van der Waals surface area (Å²) in [6, 6.07) is 4.05. The van der Waals surface area contributed by atoms with Crippen LogP contribution >= 0.6 is 22.7 Å². The van der Waals surface area contributed by atoms with Crippen LogP contribution in [-0.2, 0) is 0 Å². The van der Waals surface area contributed by atoms with E-state index in [-0.39, 0.29) is 0 Å². The Morgan fingerprint density at radius 2 is 1.95 bits per heavy atom. The molecule has 0 atom stereocenters. The number of hydrogen-bond donors (Lipinski definition) is 0. The van der Waals surface area contributed by atoms with Gasteiger partial charge in [0.05, 0.1) is 26.2 Å². The minimum atomic E-state index is 0.647. The van der Waals surface area contributed by atoms with Gasteiger partial charge in [-0.05, 0) is 22.9 Å². The average molecular weight is 283 g/mol. The van der Waals surface area contributed by atoms with Crippen molar-refractivity contribution in [1.29, 1.82) is 0 Å². The predicted molar refractivity (Wildman–Crippen MR) is 76.8 cm³/mol. The number of rotatable bonds is 0. The molecule has 5 heterocycles. The molecule has 3 aliphatic heterocycles. The van der Waals surface area contributed by atoms with Gasteiger partial charge < -0.3 is 0 Å². The van der Waals surface area contributed by atoms with E-state index >= 15 is 0 Å². The van der Waals surface area contributed by atoms with Crippen LogP contribution < -0.4 is 9.89 Å². The molecule has 2 aromatic rings. The molecule has 0 fully saturated rings. The first-order valence-electron chi connectivity index (χ1n) is 5.65. The molecule has 0 radical (unpaired) electrons. The lowest BCUT2D eigenvalue weighted by Gasteiger charge is -2.30. The van der Waals surface area contributed by atoms with E-state index in [2.05, 4.69) is 30.7 Å². The van der Waals surface area contributed by atoms with Crippen LogP contribution in [0.25, 0.3) is 5.70 Å². The summed E-state index contributed by atoms with van der Waals surface area (Å²) in [5, 5.41) is 5.09. The molecule has 0 aromatic carbocycles. The highest BCUT2D eigenvalue weighted by atomic mass is 32.1. The van der Waals surface area contributed by atoms with Crippen LogP contribution in [0.1, 0.15) is 4.88 Å². The third kappa shape index (κ3) is 1.14. The predicted octanol–water partition coefficient (Wildman–Crippen LogP) is 1.30. The van der Waals surface area contributed by atoms with Crippen molar-refractivity contribution in [1.82, 2.24) is 4.90 Å². The number of guanidine groups is 2. The molecule has 0 saturated carbocycles. The first kappa shape index (κ1) is 9.76. The number of hydrogen-bond acceptors (Lipinski definition) is 7. The maximum absolute atomic E-state index is 4.57. The van der Waals surface area contributed by atoms with E-state index in [1.54, 1.807) is 22.7 Å². The normalized spacial score (nSPS) is 18.1. The molecule has 3 aliphatic rings. The molecule has 0 N–H and O–H groups in total. The van der Waals surface area contributed by atoms with E-state index in [0.29, 0.717) is 11.9 Å². The van der Waals surface area contributed by atoms with E-state index in [1.807, 2.05) is 17.0 Å². The zero-order valence-electron chi connectivity index (χ0n) is 9.44. The second-order valence-corrected chi connectivity index (χ2v) is 5.98. The minimum Gasteiger partial charge on any atom is -0.244 e. The Balaban J connectivity index is 2.05. The van der Waals surface area contributed by atoms with Crippen LogP contribution in [0.15, 0.2) is 42.9 Å². The molecule has 0 bridgehead atoms. The van der Waals surface area contributed by atoms with Gasteiger partial charge in [0.25, 0.3) is 0 Å². The fourth-order valence-electron chi connectivity index (χ4n) is 2.35. The molecule has 0 aliphatic carbocycles. The van der Waals surface area contributed by atoms with Crippen molar-refractivity contribution in [2.24, 2.45) is 20.0 Å². The topological polar surface area (TPSA) is 52.7 Å². The summed E-state index contributed by atoms with van der Waals surface area (Å²) in [4.78, 5) is 20.8. The summed E-state index contributed by atoms with van der Waals surface area (Å²) < 4.78 is 1.16. The highest BCUT2D eigenvalue weighted by molar-refractivity contribution is 7.12. The monoisotopic (exact) mass is 283 g/mol. The van der Waals surface area contributed by atoms with Crippen molar-refractivity contribution in [3.05, 3.63) is 37.7 Å². The Hall–Kier alpha value is -2.12. The molecule has 7 heteroatoms. The Bertz CT molecular complexity index is 927. The van der Waals surface area contributed by atoms with Gasteiger partial charge in [-0.2, -0.15) is 0 Å². The standard InChI is InChI=1S/C12H5N5S2/c1-3-18-9-6(1)15-11-13-5-14-12-16-7-2-4-19-10(7)8(9)17(11)12/h1-5H. The molecule has 2 aromatic heterocycles. The van der Waals surface area contributed by atoms with Crippen LogP contribution in [0.2, 0.25) is 0 Å². The summed E-state index contributed by atoms with van der Waals surface area (Å²) in [7, 11) is 0. The lowest BCUT2D eigenvalue weighted by atomic mass is 10.2. The molecule has 0 unspecified atom stereocenters. The van der Waals surface area contributed by atoms with Crippen molar-refractivity contribution in [3.63, 3.8) is 0 Å². The summed E-state index contributed by atoms with van der Waals surface area (Å²) in [5.41, 5.74) is 2.09. The van der Waals surface area contributed by atoms with Crippen LogP contribution in [0.5, 0.6) is 0 Å². The molecular formula is C12H5N5S2. The summed E-state index contributed by atoms with van der Waals surface area (Å²) in [5.74, 6) is 1.29. The van der Waals surface area contributed by atoms with Gasteiger partial charge in [-0.3, -0.25) is 0 Å². The van der Waals surface area contributed by atoms with E-state index in [4.69, 9.17) is 0 Å². The zero-order chi connectivity index (χ0) is 12.4. The Morgan fingerprint density at radius 1 is 1.00 bits per heavy atom. The molecule has 19 heavy (non-hydrogen) atoms. The van der Waals surface area contributed by atoms with E-state index in [1.165, 1.54) is 6.34 Å². The smallest absolute Gasteiger partial charge is 0.239 e. The fraction of sp³-hybridized carbons (Fsp3) is 0. The fourth-order valence-corrected chi connectivity index (χ4v) is 4.16. The van der Waals surface area contributed by atoms with Gasteiger partial charge >= 0.3 is 0 Å². The number of aliphatic imine (C=N–C) groups is 3. The summed E-state index contributed by atoms with van der Waals surface area (Å²) >= 11 is 3.38. The first-order chi connectivity index (χ1) is 9.42. The Morgan fingerprint density at radius 3 is 2.95 bits per heavy atom. The van der Waals surface area contributed by atoms with Gasteiger partial charge in [0.15, 0.2) is 0 Å². The third-order valence-corrected chi connectivity index (χ3v) is 4.95. The molecular weight excluding hydrogens is 278 g/mol. The van der Waals surface area contributed by atoms with Crippen molar-refractivity contribution in [3.8, 4) is 0 Å². The lowest BCUT2D eigenvalue weighted by molar-refractivity contribution is 0.798. The van der Waals surface area contributed by atoms with Crippen LogP contribution in [0, 0.1) is 0 Å². The molecule has 5 nitrogen and oxygen atoms in total. The number of thiophene rings is 2. The third-order valence-electron chi connectivity index (χ3n) is 3.13. The van der Waals surface area contributed by atoms with Gasteiger partial charge in [0, 0.05) is 0 Å². The van der Waals surface area contributed by atoms with Crippen LogP contribution in [-0.4, -0.2) is 23.2 Å². The van der Waals surface area contributed by atoms with Gasteiger partial charge in [0.1, 0.15) is 6.34 Å². The number of nitrogens with zero attached hydrogens (tertiary/aromatic N) is 5. The maximum Gasteiger partial charge on any atom is 0.239 e. The second-order valence-electron chi connectivity index (χ2n) is 4.15. The molecule has 0 saturated heterocycles. The van der Waals surface area contributed by atoms with Gasteiger partial charge in [-0.25, -0.2) is 24.9 Å². The van der Waals surface area contributed by atoms with Gasteiger partial charge in [-0.1, -0.05) is 0 Å².